The van der Waals surface area contributed by atoms with E-state index in [1.54, 1.807) is 31.2 Å². The second kappa shape index (κ2) is 12.0. The first-order valence-corrected chi connectivity index (χ1v) is 15.2. The number of hydrogen-bond donors (Lipinski definition) is 3. The van der Waals surface area contributed by atoms with Gasteiger partial charge in [-0.25, -0.2) is 17.8 Å². The largest absolute Gasteiger partial charge is 0.505 e. The van der Waals surface area contributed by atoms with Gasteiger partial charge in [0.05, 0.1) is 35.3 Å². The predicted octanol–water partition coefficient (Wildman–Crippen LogP) is 5.33. The van der Waals surface area contributed by atoms with Gasteiger partial charge < -0.3 is 15.2 Å². The van der Waals surface area contributed by atoms with E-state index in [-0.39, 0.29) is 59.0 Å². The van der Waals surface area contributed by atoms with Gasteiger partial charge in [-0.1, -0.05) is 25.1 Å². The zero-order chi connectivity index (χ0) is 31.8. The van der Waals surface area contributed by atoms with E-state index in [4.69, 9.17) is 4.74 Å². The van der Waals surface area contributed by atoms with Gasteiger partial charge in [0.2, 0.25) is 10.0 Å². The van der Waals surface area contributed by atoms with Gasteiger partial charge in [0, 0.05) is 32.2 Å². The third-order valence-corrected chi connectivity index (χ3v) is 9.61. The number of phenols is 1. The minimum absolute atomic E-state index is 0.00691. The number of carbonyl (C=O) groups is 1. The Labute approximate surface area is 250 Å². The quantitative estimate of drug-likeness (QED) is 0.157. The average molecular weight is 636 g/mol. The Morgan fingerprint density at radius 1 is 1.20 bits per heavy atom. The van der Waals surface area contributed by atoms with E-state index in [0.717, 1.165) is 6.07 Å². The van der Waals surface area contributed by atoms with Crippen molar-refractivity contribution < 1.29 is 40.6 Å². The zero-order valence-corrected chi connectivity index (χ0v) is 24.5. The van der Waals surface area contributed by atoms with E-state index in [9.17, 15) is 35.9 Å². The molecular formula is C29H29F4N5O5S. The Balaban J connectivity index is 1.59. The molecule has 5 rings (SSSR count). The SMILES string of the molecule is CCC(=O)c1n[nH]c2cc(-c3cc(F)c(O)cc3CC(F)(F)F)nc(NCc3ccccc3N(C)S(=O)(=O)C3CCOC3)c12. The molecule has 0 bridgehead atoms. The highest BCUT2D eigenvalue weighted by molar-refractivity contribution is 7.93. The van der Waals surface area contributed by atoms with Crippen LogP contribution in [0, 0.1) is 5.82 Å². The van der Waals surface area contributed by atoms with Gasteiger partial charge in [-0.2, -0.15) is 18.3 Å². The number of para-hydroxylation sites is 1. The smallest absolute Gasteiger partial charge is 0.393 e. The zero-order valence-electron chi connectivity index (χ0n) is 23.7. The number of rotatable bonds is 10. The van der Waals surface area contributed by atoms with Crippen LogP contribution in [0.2, 0.25) is 0 Å². The molecule has 1 aliphatic heterocycles. The maximum Gasteiger partial charge on any atom is 0.393 e. The van der Waals surface area contributed by atoms with Crippen LogP contribution in [0.15, 0.2) is 42.5 Å². The van der Waals surface area contributed by atoms with Gasteiger partial charge in [0.25, 0.3) is 0 Å². The van der Waals surface area contributed by atoms with Gasteiger partial charge in [-0.15, -0.1) is 0 Å². The minimum Gasteiger partial charge on any atom is -0.505 e. The van der Waals surface area contributed by atoms with Crippen LogP contribution in [0.25, 0.3) is 22.2 Å². The van der Waals surface area contributed by atoms with Crippen LogP contribution in [0.3, 0.4) is 0 Å². The Hall–Kier alpha value is -4.24. The Morgan fingerprint density at radius 3 is 2.64 bits per heavy atom. The van der Waals surface area contributed by atoms with Crippen LogP contribution < -0.4 is 9.62 Å². The Morgan fingerprint density at radius 2 is 1.95 bits per heavy atom. The summed E-state index contributed by atoms with van der Waals surface area (Å²) in [5.74, 6) is -2.35. The molecule has 2 aromatic carbocycles. The lowest BCUT2D eigenvalue weighted by Gasteiger charge is -2.25. The molecule has 0 amide bonds. The maximum atomic E-state index is 14.4. The fraction of sp³-hybridized carbons (Fsp3) is 0.345. The summed E-state index contributed by atoms with van der Waals surface area (Å²) in [4.78, 5) is 17.2. The van der Waals surface area contributed by atoms with Crippen LogP contribution in [0.4, 0.5) is 29.1 Å². The van der Waals surface area contributed by atoms with Crippen molar-refractivity contribution >= 4 is 38.2 Å². The molecule has 1 saturated heterocycles. The molecule has 0 spiro atoms. The molecular weight excluding hydrogens is 606 g/mol. The highest BCUT2D eigenvalue weighted by atomic mass is 32.2. The first-order valence-electron chi connectivity index (χ1n) is 13.7. The number of carbonyl (C=O) groups excluding carboxylic acids is 1. The minimum atomic E-state index is -4.67. The van der Waals surface area contributed by atoms with Crippen LogP contribution in [0.5, 0.6) is 5.75 Å². The highest BCUT2D eigenvalue weighted by Crippen LogP contribution is 2.36. The molecule has 1 aliphatic rings. The number of phenolic OH excluding ortho intramolecular Hbond substituents is 1. The summed E-state index contributed by atoms with van der Waals surface area (Å²) in [5, 5.41) is 19.3. The molecule has 1 fully saturated rings. The van der Waals surface area contributed by atoms with Gasteiger partial charge in [0.15, 0.2) is 17.3 Å². The van der Waals surface area contributed by atoms with Crippen molar-refractivity contribution in [1.29, 1.82) is 0 Å². The molecule has 44 heavy (non-hydrogen) atoms. The molecule has 10 nitrogen and oxygen atoms in total. The number of benzene rings is 2. The molecule has 3 N–H and O–H groups in total. The number of nitrogens with zero attached hydrogens (tertiary/aromatic N) is 3. The lowest BCUT2D eigenvalue weighted by atomic mass is 9.99. The molecule has 0 aliphatic carbocycles. The summed E-state index contributed by atoms with van der Waals surface area (Å²) in [6.45, 7) is 2.07. The van der Waals surface area contributed by atoms with Gasteiger partial charge >= 0.3 is 6.18 Å². The van der Waals surface area contributed by atoms with E-state index in [1.165, 1.54) is 17.4 Å². The molecule has 234 valence electrons. The summed E-state index contributed by atoms with van der Waals surface area (Å²) in [5.41, 5.74) is 0.506. The lowest BCUT2D eigenvalue weighted by molar-refractivity contribution is -0.127. The summed E-state index contributed by atoms with van der Waals surface area (Å²) in [6, 6.07) is 9.56. The van der Waals surface area contributed by atoms with E-state index in [1.807, 2.05) is 0 Å². The topological polar surface area (TPSA) is 138 Å². The average Bonchev–Trinajstić information content (AvgIpc) is 3.67. The number of H-pyrrole nitrogens is 1. The summed E-state index contributed by atoms with van der Waals surface area (Å²) >= 11 is 0. The third-order valence-electron chi connectivity index (χ3n) is 7.44. The number of aromatic amines is 1. The van der Waals surface area contributed by atoms with Crippen LogP contribution in [0.1, 0.15) is 41.4 Å². The number of ether oxygens (including phenoxy) is 1. The fourth-order valence-electron chi connectivity index (χ4n) is 5.14. The lowest BCUT2D eigenvalue weighted by Crippen LogP contribution is -2.37. The van der Waals surface area contributed by atoms with Crippen molar-refractivity contribution in [3.8, 4) is 17.0 Å². The standard InChI is InChI=1S/C29H29F4N5O5S/c1-3-24(39)27-26-22(36-37-27)12-21(19-11-20(30)25(40)10-17(19)13-29(31,32)33)35-28(26)34-14-16-6-4-5-7-23(16)38(2)44(41,42)18-8-9-43-15-18/h4-7,10-12,18,40H,3,8-9,13-15H2,1-2H3,(H,34,35)(H,36,37). The van der Waals surface area contributed by atoms with E-state index in [0.29, 0.717) is 30.3 Å². The molecule has 3 heterocycles. The molecule has 0 saturated carbocycles. The molecule has 1 atom stereocenters. The number of hydrogen-bond acceptors (Lipinski definition) is 8. The number of sulfonamides is 1. The monoisotopic (exact) mass is 635 g/mol. The van der Waals surface area contributed by atoms with Gasteiger partial charge in [0.1, 0.15) is 16.8 Å². The maximum absolute atomic E-state index is 14.4. The summed E-state index contributed by atoms with van der Waals surface area (Å²) < 4.78 is 87.7. The van der Waals surface area contributed by atoms with Crippen molar-refractivity contribution in [1.82, 2.24) is 15.2 Å². The number of halogens is 4. The molecule has 0 radical (unpaired) electrons. The summed E-state index contributed by atoms with van der Waals surface area (Å²) in [7, 11) is -2.31. The third kappa shape index (κ3) is 6.19. The number of aromatic hydroxyl groups is 1. The second-order valence-electron chi connectivity index (χ2n) is 10.4. The highest BCUT2D eigenvalue weighted by Gasteiger charge is 2.34. The van der Waals surface area contributed by atoms with Crippen molar-refractivity contribution in [2.24, 2.45) is 0 Å². The number of Topliss-reactive ketones (excluding diaryl/α,β-unsaturated/α-hetero) is 1. The van der Waals surface area contributed by atoms with Crippen LogP contribution in [-0.2, 0) is 27.7 Å². The first-order chi connectivity index (χ1) is 20.8. The number of alkyl halides is 3. The van der Waals surface area contributed by atoms with E-state index in [2.05, 4.69) is 20.5 Å². The van der Waals surface area contributed by atoms with Crippen molar-refractivity contribution in [2.75, 3.05) is 29.9 Å². The fourth-order valence-corrected chi connectivity index (χ4v) is 6.70. The number of aromatic nitrogens is 3. The molecule has 1 unspecified atom stereocenters. The van der Waals surface area contributed by atoms with Crippen LogP contribution in [-0.4, -0.2) is 66.2 Å². The van der Waals surface area contributed by atoms with Crippen molar-refractivity contribution in [3.05, 3.63) is 65.1 Å². The van der Waals surface area contributed by atoms with Crippen molar-refractivity contribution in [2.45, 2.75) is 44.2 Å². The van der Waals surface area contributed by atoms with Crippen molar-refractivity contribution in [3.63, 3.8) is 0 Å². The number of fused-ring (bicyclic) bond motifs is 1. The number of nitrogens with one attached hydrogen (secondary N) is 2. The molecule has 15 heteroatoms. The number of ketones is 1. The van der Waals surface area contributed by atoms with Crippen LogP contribution >= 0.6 is 0 Å². The number of anilines is 2. The summed E-state index contributed by atoms with van der Waals surface area (Å²) in [6.07, 6.45) is -5.65. The first kappa shape index (κ1) is 31.2. The predicted molar refractivity (Wildman–Crippen MR) is 156 cm³/mol. The van der Waals surface area contributed by atoms with Gasteiger partial charge in [-0.3, -0.25) is 14.2 Å². The van der Waals surface area contributed by atoms with E-state index >= 15 is 0 Å². The van der Waals surface area contributed by atoms with E-state index < -0.39 is 45.0 Å². The van der Waals surface area contributed by atoms with Gasteiger partial charge in [-0.05, 0) is 41.8 Å². The normalized spacial score (nSPS) is 15.5. The molecule has 2 aromatic heterocycles. The second-order valence-corrected chi connectivity index (χ2v) is 12.6. The molecule has 4 aromatic rings. The Kier molecular flexibility index (Phi) is 8.53. The number of pyridine rings is 1. The Bertz CT molecular complexity index is 1820.